The number of Topliss-reactive ketones (excluding diaryl/α,β-unsaturated/α-hetero) is 4. The Kier molecular flexibility index (Phi) is 5.21. The van der Waals surface area contributed by atoms with Crippen molar-refractivity contribution in [1.82, 2.24) is 0 Å². The van der Waals surface area contributed by atoms with Gasteiger partial charge in [-0.25, -0.2) is 0 Å². The molecular formula is C18H12BrCl3O4. The average molecular weight is 479 g/mol. The van der Waals surface area contributed by atoms with Crippen LogP contribution in [0.1, 0.15) is 31.2 Å². The fraction of sp³-hybridized carbons (Fsp3) is 0.333. The summed E-state index contributed by atoms with van der Waals surface area (Å²) < 4.78 is -1.70. The summed E-state index contributed by atoms with van der Waals surface area (Å²) in [6.07, 6.45) is 1.88. The van der Waals surface area contributed by atoms with Gasteiger partial charge in [-0.3, -0.25) is 19.2 Å². The fourth-order valence-electron chi connectivity index (χ4n) is 3.58. The van der Waals surface area contributed by atoms with E-state index >= 15 is 0 Å². The van der Waals surface area contributed by atoms with Gasteiger partial charge in [-0.05, 0) is 30.5 Å². The van der Waals surface area contributed by atoms with Crippen molar-refractivity contribution >= 4 is 79.4 Å². The first kappa shape index (κ1) is 19.7. The zero-order chi connectivity index (χ0) is 19.3. The molecule has 3 rings (SSSR count). The maximum atomic E-state index is 13.3. The van der Waals surface area contributed by atoms with E-state index in [9.17, 15) is 19.2 Å². The third-order valence-corrected chi connectivity index (χ3v) is 5.90. The molecule has 2 aliphatic rings. The van der Waals surface area contributed by atoms with Gasteiger partial charge in [-0.2, -0.15) is 0 Å². The minimum atomic E-state index is -2.45. The van der Waals surface area contributed by atoms with Crippen LogP contribution in [0.2, 0.25) is 0 Å². The molecule has 1 aromatic rings. The lowest BCUT2D eigenvalue weighted by Crippen LogP contribution is -2.49. The lowest BCUT2D eigenvalue weighted by Gasteiger charge is -2.32. The molecular weight excluding hydrogens is 466 g/mol. The van der Waals surface area contributed by atoms with Crippen LogP contribution in [-0.4, -0.2) is 26.9 Å². The summed E-state index contributed by atoms with van der Waals surface area (Å²) in [6, 6.07) is 6.48. The predicted octanol–water partition coefficient (Wildman–Crippen LogP) is 4.42. The molecule has 0 saturated heterocycles. The van der Waals surface area contributed by atoms with Gasteiger partial charge in [0.2, 0.25) is 17.3 Å². The second kappa shape index (κ2) is 6.86. The number of allylic oxidation sites excluding steroid dienone is 2. The Morgan fingerprint density at radius 2 is 1.50 bits per heavy atom. The molecule has 1 aromatic carbocycles. The van der Waals surface area contributed by atoms with E-state index in [0.29, 0.717) is 18.4 Å². The molecule has 0 heterocycles. The van der Waals surface area contributed by atoms with Crippen molar-refractivity contribution in [2.45, 2.75) is 29.5 Å². The largest absolute Gasteiger partial charge is 0.293 e. The summed E-state index contributed by atoms with van der Waals surface area (Å²) in [5.41, 5.74) is -1.85. The highest BCUT2D eigenvalue weighted by atomic mass is 79.9. The van der Waals surface area contributed by atoms with Gasteiger partial charge in [-0.1, -0.05) is 75.7 Å². The number of ketones is 4. The van der Waals surface area contributed by atoms with E-state index in [1.54, 1.807) is 24.3 Å². The highest BCUT2D eigenvalue weighted by Crippen LogP contribution is 2.48. The molecule has 0 bridgehead atoms. The number of alkyl halides is 3. The van der Waals surface area contributed by atoms with E-state index in [0.717, 1.165) is 4.47 Å². The normalized spacial score (nSPS) is 20.2. The van der Waals surface area contributed by atoms with Crippen molar-refractivity contribution in [2.75, 3.05) is 0 Å². The predicted molar refractivity (Wildman–Crippen MR) is 102 cm³/mol. The number of rotatable bonds is 2. The minimum absolute atomic E-state index is 0.139. The van der Waals surface area contributed by atoms with E-state index in [2.05, 4.69) is 15.9 Å². The standard InChI is InChI=1S/C18H12BrCl3O4/c19-10-5-3-9(4-6-10)11-12(15(25)18(20,21)22)13(23)16(26)17(14(11)24)7-1-2-8-17/h3-6H,1-2,7-8H2. The molecule has 136 valence electrons. The van der Waals surface area contributed by atoms with E-state index in [4.69, 9.17) is 34.8 Å². The van der Waals surface area contributed by atoms with E-state index in [1.165, 1.54) is 0 Å². The van der Waals surface area contributed by atoms with Gasteiger partial charge < -0.3 is 0 Å². The van der Waals surface area contributed by atoms with Gasteiger partial charge in [0, 0.05) is 10.0 Å². The van der Waals surface area contributed by atoms with Crippen LogP contribution in [0.3, 0.4) is 0 Å². The lowest BCUT2D eigenvalue weighted by molar-refractivity contribution is -0.146. The summed E-state index contributed by atoms with van der Waals surface area (Å²) in [5.74, 6) is -3.64. The van der Waals surface area contributed by atoms with Crippen molar-refractivity contribution < 1.29 is 19.2 Å². The van der Waals surface area contributed by atoms with Crippen LogP contribution < -0.4 is 0 Å². The number of benzene rings is 1. The van der Waals surface area contributed by atoms with E-state index in [1.807, 2.05) is 0 Å². The van der Waals surface area contributed by atoms with E-state index < -0.39 is 37.9 Å². The van der Waals surface area contributed by atoms with Crippen LogP contribution in [0, 0.1) is 5.41 Å². The molecule has 0 amide bonds. The highest BCUT2D eigenvalue weighted by Gasteiger charge is 2.58. The van der Waals surface area contributed by atoms with Crippen molar-refractivity contribution in [3.8, 4) is 0 Å². The third kappa shape index (κ3) is 3.09. The first-order chi connectivity index (χ1) is 12.1. The van der Waals surface area contributed by atoms with Gasteiger partial charge in [0.15, 0.2) is 5.78 Å². The number of hydrogen-bond donors (Lipinski definition) is 0. The number of halogens is 4. The van der Waals surface area contributed by atoms with Gasteiger partial charge in [0.25, 0.3) is 3.79 Å². The molecule has 0 aromatic heterocycles. The Hall–Kier alpha value is -1.01. The van der Waals surface area contributed by atoms with Crippen LogP contribution in [0.4, 0.5) is 0 Å². The maximum absolute atomic E-state index is 13.3. The zero-order valence-electron chi connectivity index (χ0n) is 13.3. The average Bonchev–Trinajstić information content (AvgIpc) is 3.07. The molecule has 0 aliphatic heterocycles. The van der Waals surface area contributed by atoms with Gasteiger partial charge >= 0.3 is 0 Å². The van der Waals surface area contributed by atoms with Gasteiger partial charge in [0.1, 0.15) is 5.41 Å². The number of hydrogen-bond acceptors (Lipinski definition) is 4. The van der Waals surface area contributed by atoms with Crippen molar-refractivity contribution in [1.29, 1.82) is 0 Å². The quantitative estimate of drug-likeness (QED) is 0.273. The SMILES string of the molecule is O=C1C(=O)C2(CCCC2)C(=O)C(c2ccc(Br)cc2)=C1C(=O)C(Cl)(Cl)Cl. The van der Waals surface area contributed by atoms with Crippen LogP contribution in [0.15, 0.2) is 34.3 Å². The summed E-state index contributed by atoms with van der Waals surface area (Å²) in [4.78, 5) is 51.4. The molecule has 0 unspecified atom stereocenters. The Labute approximate surface area is 173 Å². The van der Waals surface area contributed by atoms with Crippen molar-refractivity contribution in [2.24, 2.45) is 5.41 Å². The second-order valence-corrected chi connectivity index (χ2v) is 9.56. The van der Waals surface area contributed by atoms with Crippen LogP contribution >= 0.6 is 50.7 Å². The molecule has 1 spiro atoms. The first-order valence-corrected chi connectivity index (χ1v) is 9.78. The lowest BCUT2D eigenvalue weighted by atomic mass is 9.66. The Morgan fingerprint density at radius 3 is 2.00 bits per heavy atom. The Balaban J connectivity index is 2.31. The van der Waals surface area contributed by atoms with Crippen molar-refractivity contribution in [3.63, 3.8) is 0 Å². The molecule has 8 heteroatoms. The molecule has 2 aliphatic carbocycles. The summed E-state index contributed by atoms with van der Waals surface area (Å²) >= 11 is 20.3. The Bertz CT molecular complexity index is 859. The molecule has 26 heavy (non-hydrogen) atoms. The summed E-state index contributed by atoms with van der Waals surface area (Å²) in [5, 5.41) is 0. The fourth-order valence-corrected chi connectivity index (χ4v) is 4.13. The highest BCUT2D eigenvalue weighted by molar-refractivity contribution is 9.10. The number of carbonyl (C=O) groups is 4. The topological polar surface area (TPSA) is 68.3 Å². The molecule has 0 atom stereocenters. The molecule has 1 fully saturated rings. The summed E-state index contributed by atoms with van der Waals surface area (Å²) in [7, 11) is 0. The van der Waals surface area contributed by atoms with Crippen LogP contribution in [0.5, 0.6) is 0 Å². The molecule has 4 nitrogen and oxygen atoms in total. The smallest absolute Gasteiger partial charge is 0.253 e. The molecule has 1 saturated carbocycles. The van der Waals surface area contributed by atoms with Crippen LogP contribution in [0.25, 0.3) is 5.57 Å². The van der Waals surface area contributed by atoms with Gasteiger partial charge in [0.05, 0.1) is 5.57 Å². The maximum Gasteiger partial charge on any atom is 0.253 e. The molecule has 0 radical (unpaired) electrons. The van der Waals surface area contributed by atoms with Crippen LogP contribution in [-0.2, 0) is 19.2 Å². The molecule has 0 N–H and O–H groups in total. The zero-order valence-corrected chi connectivity index (χ0v) is 17.1. The first-order valence-electron chi connectivity index (χ1n) is 7.85. The van der Waals surface area contributed by atoms with Crippen molar-refractivity contribution in [3.05, 3.63) is 39.9 Å². The third-order valence-electron chi connectivity index (χ3n) is 4.85. The minimum Gasteiger partial charge on any atom is -0.293 e. The number of carbonyl (C=O) groups excluding carboxylic acids is 4. The van der Waals surface area contributed by atoms with Gasteiger partial charge in [-0.15, -0.1) is 0 Å². The Morgan fingerprint density at radius 1 is 0.962 bits per heavy atom. The monoisotopic (exact) mass is 476 g/mol. The van der Waals surface area contributed by atoms with E-state index in [-0.39, 0.29) is 18.4 Å². The summed E-state index contributed by atoms with van der Waals surface area (Å²) in [6.45, 7) is 0. The second-order valence-electron chi connectivity index (χ2n) is 6.36.